The standard InChI is InChI=1S/C80H134N8O8S/c1-83(2,3)43-31-19-25-37-49-91-71-59-65(60-72(92-50-38-26-20-32-44-84(4,5)6)79(71)95-53-41-29-23-35-47-87(13,14)15)67-55-63-57-69-70(78(90)76-75(77(69)89)81-97-82-76)58-64(63)56-68(67)66-61-73(93-51-39-27-21-33-45-85(7,8)9)80(96-54-42-30-24-36-48-88(16,17)18)74(62-66)94-52-40-28-22-34-46-86(10,11)12/h55-62H,19-54H2,1-18H3/q+6. The number of aromatic nitrogens is 2. The summed E-state index contributed by atoms with van der Waals surface area (Å²) in [5.74, 6) is 3.24. The third-order valence-corrected chi connectivity index (χ3v) is 18.6. The minimum atomic E-state index is -0.299. The van der Waals surface area contributed by atoms with Crippen LogP contribution in [0.2, 0.25) is 0 Å². The molecule has 0 spiro atoms. The average Bonchev–Trinajstić information content (AvgIpc) is 1.67. The normalized spacial score (nSPS) is 13.1. The lowest BCUT2D eigenvalue weighted by Gasteiger charge is -2.24. The van der Waals surface area contributed by atoms with Crippen LogP contribution in [0.25, 0.3) is 33.0 Å². The molecule has 97 heavy (non-hydrogen) atoms. The fourth-order valence-corrected chi connectivity index (χ4v) is 13.0. The van der Waals surface area contributed by atoms with Crippen molar-refractivity contribution >= 4 is 34.1 Å². The van der Waals surface area contributed by atoms with Gasteiger partial charge in [-0.2, -0.15) is 8.75 Å². The van der Waals surface area contributed by atoms with Crippen molar-refractivity contribution in [2.24, 2.45) is 0 Å². The number of carbonyl (C=O) groups excluding carboxylic acids is 2. The predicted molar refractivity (Wildman–Crippen MR) is 403 cm³/mol. The zero-order chi connectivity index (χ0) is 70.9. The molecule has 1 heterocycles. The van der Waals surface area contributed by atoms with Gasteiger partial charge in [0.15, 0.2) is 34.4 Å². The molecule has 0 bridgehead atoms. The number of benzene rings is 4. The van der Waals surface area contributed by atoms with Gasteiger partial charge in [0.25, 0.3) is 0 Å². The third kappa shape index (κ3) is 29.8. The fourth-order valence-electron chi connectivity index (χ4n) is 12.4. The summed E-state index contributed by atoms with van der Waals surface area (Å²) in [5.41, 5.74) is 4.36. The maximum Gasteiger partial charge on any atom is 0.215 e. The van der Waals surface area contributed by atoms with Gasteiger partial charge >= 0.3 is 0 Å². The number of fused-ring (bicyclic) bond motifs is 3. The van der Waals surface area contributed by atoms with Gasteiger partial charge in [0, 0.05) is 11.1 Å². The molecule has 1 aliphatic rings. The summed E-state index contributed by atoms with van der Waals surface area (Å²) in [7, 11) is 40.7. The molecule has 0 saturated heterocycles. The van der Waals surface area contributed by atoms with Gasteiger partial charge in [0.05, 0.1) is 217 Å². The number of hydrogen-bond donors (Lipinski definition) is 0. The Labute approximate surface area is 592 Å². The average molecular weight is 1370 g/mol. The zero-order valence-electron chi connectivity index (χ0n) is 64.3. The first kappa shape index (κ1) is 80.6. The molecule has 5 aromatic rings. The van der Waals surface area contributed by atoms with E-state index in [2.05, 4.69) is 172 Å². The van der Waals surface area contributed by atoms with Crippen molar-refractivity contribution in [3.8, 4) is 56.8 Å². The third-order valence-electron chi connectivity index (χ3n) is 18.0. The van der Waals surface area contributed by atoms with E-state index in [1.807, 2.05) is 12.1 Å². The molecule has 1 aliphatic carbocycles. The number of hydrogen-bond acceptors (Lipinski definition) is 11. The van der Waals surface area contributed by atoms with E-state index in [4.69, 9.17) is 28.4 Å². The number of nitrogens with zero attached hydrogens (tertiary/aromatic N) is 8. The summed E-state index contributed by atoms with van der Waals surface area (Å²) in [5, 5.41) is 1.60. The molecule has 6 rings (SSSR count). The number of ether oxygens (including phenoxy) is 6. The van der Waals surface area contributed by atoms with Crippen LogP contribution in [0.1, 0.15) is 186 Å². The van der Waals surface area contributed by atoms with Gasteiger partial charge < -0.3 is 55.3 Å². The summed E-state index contributed by atoms with van der Waals surface area (Å²) >= 11 is 0.894. The second-order valence-corrected chi connectivity index (χ2v) is 34.6. The smallest absolute Gasteiger partial charge is 0.215 e. The predicted octanol–water partition coefficient (Wildman–Crippen LogP) is 15.7. The van der Waals surface area contributed by atoms with E-state index in [0.717, 1.165) is 265 Å². The van der Waals surface area contributed by atoms with Gasteiger partial charge in [-0.3, -0.25) is 9.59 Å². The Hall–Kier alpha value is -5.40. The Morgan fingerprint density at radius 2 is 0.474 bits per heavy atom. The van der Waals surface area contributed by atoms with Crippen molar-refractivity contribution in [2.45, 2.75) is 154 Å². The number of ketones is 2. The number of unbranched alkanes of at least 4 members (excludes halogenated alkanes) is 18. The van der Waals surface area contributed by atoms with E-state index in [0.29, 0.717) is 85.3 Å². The summed E-state index contributed by atoms with van der Waals surface area (Å²) in [6.07, 6.45) is 25.5. The topological polar surface area (TPSA) is 115 Å². The lowest BCUT2D eigenvalue weighted by Crippen LogP contribution is -2.35. The molecule has 17 heteroatoms. The second-order valence-electron chi connectivity index (χ2n) is 34.0. The first-order valence-electron chi connectivity index (χ1n) is 37.2. The van der Waals surface area contributed by atoms with Crippen LogP contribution < -0.4 is 28.4 Å². The minimum absolute atomic E-state index is 0.110. The molecule has 542 valence electrons. The van der Waals surface area contributed by atoms with E-state index in [1.165, 1.54) is 0 Å². The van der Waals surface area contributed by atoms with Crippen molar-refractivity contribution in [1.29, 1.82) is 0 Å². The van der Waals surface area contributed by atoms with Gasteiger partial charge in [-0.25, -0.2) is 0 Å². The molecule has 1 aromatic heterocycles. The van der Waals surface area contributed by atoms with Gasteiger partial charge in [0.2, 0.25) is 23.1 Å². The molecule has 0 amide bonds. The van der Waals surface area contributed by atoms with E-state index in [-0.39, 0.29) is 23.0 Å². The molecule has 0 unspecified atom stereocenters. The van der Waals surface area contributed by atoms with Crippen LogP contribution in [0.4, 0.5) is 0 Å². The quantitative estimate of drug-likeness (QED) is 0.0270. The zero-order valence-corrected chi connectivity index (χ0v) is 65.1. The molecule has 0 saturated carbocycles. The molecular formula is C80H134N8O8S+6. The molecule has 4 aromatic carbocycles. The highest BCUT2D eigenvalue weighted by Gasteiger charge is 2.34. The lowest BCUT2D eigenvalue weighted by molar-refractivity contribution is -0.870. The highest BCUT2D eigenvalue weighted by molar-refractivity contribution is 6.99. The number of quaternary nitrogens is 6. The summed E-state index contributed by atoms with van der Waals surface area (Å²) in [6, 6.07) is 16.6. The largest absolute Gasteiger partial charge is 0.490 e. The highest BCUT2D eigenvalue weighted by Crippen LogP contribution is 2.49. The molecule has 0 aliphatic heterocycles. The van der Waals surface area contributed by atoms with E-state index >= 15 is 0 Å². The van der Waals surface area contributed by atoms with Crippen molar-refractivity contribution in [3.05, 3.63) is 71.0 Å². The van der Waals surface area contributed by atoms with E-state index in [1.54, 1.807) is 0 Å². The summed E-state index contributed by atoms with van der Waals surface area (Å²) in [6.45, 7) is 9.91. The summed E-state index contributed by atoms with van der Waals surface area (Å²) in [4.78, 5) is 28.7. The fraction of sp³-hybridized carbons (Fsp3) is 0.675. The van der Waals surface area contributed by atoms with Crippen molar-refractivity contribution in [2.75, 3.05) is 206 Å². The van der Waals surface area contributed by atoms with Crippen LogP contribution in [0, 0.1) is 0 Å². The second kappa shape index (κ2) is 38.4. The monoisotopic (exact) mass is 1370 g/mol. The van der Waals surface area contributed by atoms with Crippen molar-refractivity contribution in [3.63, 3.8) is 0 Å². The molecular weight excluding hydrogens is 1230 g/mol. The SMILES string of the molecule is C[N+](C)(C)CCCCCCOc1cc(-c2cc3cc4c(cc3cc2-c2cc(OCCCCCC[N+](C)(C)C)c(OCCCCCC[N+](C)(C)C)c(OCCCCCC[N+](C)(C)C)c2)C(=O)c2nsnc2C4=O)cc(OCCCCCC[N+](C)(C)C)c1OCCCCCC[N+](C)(C)C. The van der Waals surface area contributed by atoms with Crippen LogP contribution in [-0.2, 0) is 0 Å². The highest BCUT2D eigenvalue weighted by atomic mass is 32.1. The van der Waals surface area contributed by atoms with Gasteiger partial charge in [-0.1, -0.05) is 0 Å². The minimum Gasteiger partial charge on any atom is -0.490 e. The maximum atomic E-state index is 14.3. The Morgan fingerprint density at radius 3 is 0.701 bits per heavy atom. The maximum absolute atomic E-state index is 14.3. The van der Waals surface area contributed by atoms with Gasteiger partial charge in [-0.05, 0) is 236 Å². The number of carbonyl (C=O) groups is 2. The van der Waals surface area contributed by atoms with Gasteiger partial charge in [0.1, 0.15) is 0 Å². The van der Waals surface area contributed by atoms with Crippen LogP contribution in [0.3, 0.4) is 0 Å². The number of rotatable bonds is 50. The van der Waals surface area contributed by atoms with Crippen LogP contribution >= 0.6 is 11.7 Å². The van der Waals surface area contributed by atoms with E-state index < -0.39 is 0 Å². The van der Waals surface area contributed by atoms with Crippen molar-refractivity contribution < 1.29 is 64.9 Å². The Kier molecular flexibility index (Phi) is 31.9. The Morgan fingerprint density at radius 1 is 0.268 bits per heavy atom. The van der Waals surface area contributed by atoms with Gasteiger partial charge in [-0.15, -0.1) is 0 Å². The lowest BCUT2D eigenvalue weighted by atomic mass is 9.85. The van der Waals surface area contributed by atoms with Crippen LogP contribution in [0.5, 0.6) is 34.5 Å². The van der Waals surface area contributed by atoms with E-state index in [9.17, 15) is 9.59 Å². The summed E-state index contributed by atoms with van der Waals surface area (Å²) < 4.78 is 56.4. The Bertz CT molecular complexity index is 2900. The Balaban J connectivity index is 1.54. The molecule has 0 atom stereocenters. The van der Waals surface area contributed by atoms with Crippen molar-refractivity contribution in [1.82, 2.24) is 8.75 Å². The first-order chi connectivity index (χ1) is 45.7. The first-order valence-corrected chi connectivity index (χ1v) is 38.0. The molecule has 16 nitrogen and oxygen atoms in total. The van der Waals surface area contributed by atoms with Crippen LogP contribution in [0.15, 0.2) is 48.5 Å². The molecule has 0 N–H and O–H groups in total. The molecule has 0 fully saturated rings. The molecule has 0 radical (unpaired) electrons. The van der Waals surface area contributed by atoms with Crippen LogP contribution in [-0.4, -0.2) is 253 Å².